The number of nitrogens with one attached hydrogen (secondary N) is 9. The molecule has 2 aromatic rings. The Bertz CT molecular complexity index is 2140. The molecular weight excluding hydrogens is 955 g/mol. The molecule has 0 bridgehead atoms. The Morgan fingerprint density at radius 2 is 0.824 bits per heavy atom. The third-order valence-electron chi connectivity index (χ3n) is 12.5. The third-order valence-corrected chi connectivity index (χ3v) is 12.5. The van der Waals surface area contributed by atoms with Gasteiger partial charge < -0.3 is 81.9 Å². The number of hydrogen-bond acceptors (Lipinski definition) is 14. The summed E-state index contributed by atoms with van der Waals surface area (Å²) < 4.78 is 0. The van der Waals surface area contributed by atoms with E-state index in [0.29, 0.717) is 17.9 Å². The monoisotopic (exact) mass is 1040 g/mol. The highest BCUT2D eigenvalue weighted by atomic mass is 16.2. The van der Waals surface area contributed by atoms with Gasteiger partial charge in [-0.25, -0.2) is 0 Å². The van der Waals surface area contributed by atoms with E-state index in [9.17, 15) is 43.2 Å². The van der Waals surface area contributed by atoms with Crippen molar-refractivity contribution in [3.63, 3.8) is 0 Å². The summed E-state index contributed by atoms with van der Waals surface area (Å²) >= 11 is 0. The van der Waals surface area contributed by atoms with Crippen LogP contribution in [-0.2, 0) is 49.6 Å². The molecule has 9 atom stereocenters. The zero-order chi connectivity index (χ0) is 55.5. The summed E-state index contributed by atoms with van der Waals surface area (Å²) in [6.07, 6.45) is 3.54. The summed E-state index contributed by atoms with van der Waals surface area (Å²) in [4.78, 5) is 126. The van der Waals surface area contributed by atoms with Crippen molar-refractivity contribution in [2.45, 2.75) is 161 Å². The van der Waals surface area contributed by atoms with Crippen molar-refractivity contribution in [1.29, 1.82) is 0 Å². The fourth-order valence-electron chi connectivity index (χ4n) is 8.08. The molecule has 0 radical (unpaired) electrons. The standard InChI is InChI=1S/C50H87N15O9/c1-7-30(6)12-13-42(66)58-34(14-19-51)44(68)59-35(15-20-52)45(69)61-38(18-23-55)48(72)64-40(25-29(4)5)49(73)65-41(26-31-27-57-33-11-9-8-10-32(31)33)50(74)62-36(16-21-53)46(70)60-37(17-22-54)47(71)63-39(43(56)67)24-28(2)3/h8-11,27-30,34-41,57H,7,12-26,51-55H2,1-6H3,(H2,56,67)(H,58,66)(H,59,68)(H,60,70)(H,61,69)(H,62,74)(H,63,71)(H,64,72)(H,65,73)/t30?,34-,35+,36+,37+,38+,39+,40+,41-/m1/s1. The molecule has 1 heterocycles. The summed E-state index contributed by atoms with van der Waals surface area (Å²) in [5.41, 5.74) is 36.2. The number of para-hydroxylation sites is 1. The van der Waals surface area contributed by atoms with Gasteiger partial charge in [-0.05, 0) is 113 Å². The van der Waals surface area contributed by atoms with Crippen LogP contribution in [0.2, 0.25) is 0 Å². The van der Waals surface area contributed by atoms with Gasteiger partial charge in [0, 0.05) is 29.9 Å². The average Bonchev–Trinajstić information content (AvgIpc) is 3.76. The van der Waals surface area contributed by atoms with Crippen LogP contribution < -0.4 is 76.9 Å². The van der Waals surface area contributed by atoms with Gasteiger partial charge in [0.15, 0.2) is 0 Å². The van der Waals surface area contributed by atoms with E-state index in [0.717, 1.165) is 17.3 Å². The van der Waals surface area contributed by atoms with Crippen LogP contribution in [0.15, 0.2) is 30.5 Å². The van der Waals surface area contributed by atoms with E-state index in [1.54, 1.807) is 6.20 Å². The van der Waals surface area contributed by atoms with Crippen LogP contribution in [0.25, 0.3) is 10.9 Å². The van der Waals surface area contributed by atoms with Gasteiger partial charge in [0.05, 0.1) is 0 Å². The molecule has 1 unspecified atom stereocenters. The Morgan fingerprint density at radius 3 is 1.23 bits per heavy atom. The lowest BCUT2D eigenvalue weighted by atomic mass is 10.00. The fraction of sp³-hybridized carbons (Fsp3) is 0.660. The average molecular weight is 1040 g/mol. The van der Waals surface area contributed by atoms with Gasteiger partial charge in [0.2, 0.25) is 53.2 Å². The largest absolute Gasteiger partial charge is 0.368 e. The lowest BCUT2D eigenvalue weighted by molar-refractivity contribution is -0.136. The van der Waals surface area contributed by atoms with E-state index in [1.165, 1.54) is 0 Å². The van der Waals surface area contributed by atoms with Gasteiger partial charge in [0.1, 0.15) is 48.3 Å². The van der Waals surface area contributed by atoms with Crippen LogP contribution in [0, 0.1) is 17.8 Å². The summed E-state index contributed by atoms with van der Waals surface area (Å²) in [6, 6.07) is -2.41. The highest BCUT2D eigenvalue weighted by molar-refractivity contribution is 5.98. The van der Waals surface area contributed by atoms with Crippen molar-refractivity contribution in [2.24, 2.45) is 52.2 Å². The first-order chi connectivity index (χ1) is 35.1. The minimum absolute atomic E-state index is 0.00487. The zero-order valence-electron chi connectivity index (χ0n) is 44.2. The number of amides is 9. The van der Waals surface area contributed by atoms with Crippen molar-refractivity contribution in [1.82, 2.24) is 47.5 Å². The molecule has 0 saturated heterocycles. The van der Waals surface area contributed by atoms with Crippen LogP contribution in [0.3, 0.4) is 0 Å². The highest BCUT2D eigenvalue weighted by Crippen LogP contribution is 2.20. The number of aromatic amines is 1. The predicted molar refractivity (Wildman–Crippen MR) is 283 cm³/mol. The molecule has 74 heavy (non-hydrogen) atoms. The van der Waals surface area contributed by atoms with E-state index in [2.05, 4.69) is 47.5 Å². The minimum Gasteiger partial charge on any atom is -0.368 e. The Labute approximate surface area is 435 Å². The van der Waals surface area contributed by atoms with Gasteiger partial charge in [-0.1, -0.05) is 66.2 Å². The normalized spacial score (nSPS) is 15.0. The van der Waals surface area contributed by atoms with E-state index in [-0.39, 0.29) is 108 Å². The smallest absolute Gasteiger partial charge is 0.243 e. The number of hydrogen-bond donors (Lipinski definition) is 15. The van der Waals surface area contributed by atoms with Crippen LogP contribution in [0.1, 0.15) is 111 Å². The van der Waals surface area contributed by atoms with Crippen LogP contribution in [0.5, 0.6) is 0 Å². The van der Waals surface area contributed by atoms with E-state index in [4.69, 9.17) is 34.4 Å². The Hall–Kier alpha value is -6.21. The zero-order valence-corrected chi connectivity index (χ0v) is 44.2. The first-order valence-electron chi connectivity index (χ1n) is 25.9. The lowest BCUT2D eigenvalue weighted by Crippen LogP contribution is -2.61. The maximum atomic E-state index is 14.4. The second-order valence-corrected chi connectivity index (χ2v) is 19.7. The number of fused-ring (bicyclic) bond motifs is 1. The molecule has 0 saturated carbocycles. The molecule has 416 valence electrons. The lowest BCUT2D eigenvalue weighted by Gasteiger charge is -2.28. The van der Waals surface area contributed by atoms with Crippen LogP contribution in [-0.4, -0.2) is 139 Å². The number of primary amides is 1. The molecule has 24 heteroatoms. The second kappa shape index (κ2) is 33.6. The SMILES string of the molecule is CCC(C)CCC(=O)N[C@H](CCN)C(=O)N[C@@H](CCN)C(=O)N[C@@H](CCN)C(=O)N[C@@H](CC(C)C)C(=O)N[C@H](Cc1c[nH]c2ccccc12)C(=O)N[C@@H](CCN)C(=O)N[C@@H](CCN)C(=O)N[C@@H](CC(C)C)C(N)=O. The molecule has 0 fully saturated rings. The van der Waals surface area contributed by atoms with Gasteiger partial charge in [0.25, 0.3) is 0 Å². The fourth-order valence-corrected chi connectivity index (χ4v) is 8.08. The van der Waals surface area contributed by atoms with Crippen LogP contribution in [0.4, 0.5) is 0 Å². The number of aromatic nitrogens is 1. The number of nitrogens with two attached hydrogens (primary N) is 6. The van der Waals surface area contributed by atoms with Gasteiger partial charge in [-0.3, -0.25) is 43.2 Å². The number of benzene rings is 1. The van der Waals surface area contributed by atoms with Gasteiger partial charge >= 0.3 is 0 Å². The number of carbonyl (C=O) groups is 9. The van der Waals surface area contributed by atoms with Crippen molar-refractivity contribution in [2.75, 3.05) is 32.7 Å². The number of carbonyl (C=O) groups excluding carboxylic acids is 9. The third kappa shape index (κ3) is 22.1. The van der Waals surface area contributed by atoms with E-state index < -0.39 is 95.6 Å². The first kappa shape index (κ1) is 63.9. The molecule has 0 aliphatic heterocycles. The topological polar surface area (TPSA) is 422 Å². The molecule has 9 amide bonds. The van der Waals surface area contributed by atoms with Crippen molar-refractivity contribution < 1.29 is 43.2 Å². The molecule has 21 N–H and O–H groups in total. The molecular formula is C50H87N15O9. The molecule has 1 aromatic carbocycles. The van der Waals surface area contributed by atoms with Crippen molar-refractivity contribution in [3.8, 4) is 0 Å². The number of rotatable bonds is 36. The molecule has 2 rings (SSSR count). The molecule has 1 aromatic heterocycles. The minimum atomic E-state index is -1.36. The summed E-state index contributed by atoms with van der Waals surface area (Å²) in [6.45, 7) is 11.3. The molecule has 0 aliphatic rings. The highest BCUT2D eigenvalue weighted by Gasteiger charge is 2.35. The van der Waals surface area contributed by atoms with E-state index >= 15 is 0 Å². The Balaban J connectivity index is 2.42. The Kier molecular flexibility index (Phi) is 29.0. The summed E-state index contributed by atoms with van der Waals surface area (Å²) in [5, 5.41) is 22.2. The maximum absolute atomic E-state index is 14.4. The van der Waals surface area contributed by atoms with Crippen molar-refractivity contribution in [3.05, 3.63) is 36.0 Å². The summed E-state index contributed by atoms with van der Waals surface area (Å²) in [7, 11) is 0. The summed E-state index contributed by atoms with van der Waals surface area (Å²) in [5.74, 6) is -6.21. The van der Waals surface area contributed by atoms with Crippen LogP contribution >= 0.6 is 0 Å². The van der Waals surface area contributed by atoms with Crippen molar-refractivity contribution >= 4 is 64.1 Å². The molecule has 24 nitrogen and oxygen atoms in total. The quantitative estimate of drug-likeness (QED) is 0.0343. The predicted octanol–water partition coefficient (Wildman–Crippen LogP) is -2.26. The van der Waals surface area contributed by atoms with Gasteiger partial charge in [-0.2, -0.15) is 0 Å². The molecule has 0 aliphatic carbocycles. The van der Waals surface area contributed by atoms with E-state index in [1.807, 2.05) is 65.8 Å². The second-order valence-electron chi connectivity index (χ2n) is 19.7. The Morgan fingerprint density at radius 1 is 0.473 bits per heavy atom. The molecule has 0 spiro atoms. The van der Waals surface area contributed by atoms with Gasteiger partial charge in [-0.15, -0.1) is 0 Å². The maximum Gasteiger partial charge on any atom is 0.243 e. The first-order valence-corrected chi connectivity index (χ1v) is 25.9. The number of H-pyrrole nitrogens is 1.